The summed E-state index contributed by atoms with van der Waals surface area (Å²) in [7, 11) is 3.42. The molecule has 0 atom stereocenters. The Kier molecular flexibility index (Phi) is 6.68. The number of hydrogen-bond donors (Lipinski definition) is 1. The van der Waals surface area contributed by atoms with E-state index in [1.807, 2.05) is 35.9 Å². The summed E-state index contributed by atoms with van der Waals surface area (Å²) in [6, 6.07) is 10.5. The second-order valence-corrected chi connectivity index (χ2v) is 9.23. The highest BCUT2D eigenvalue weighted by molar-refractivity contribution is 5.84. The van der Waals surface area contributed by atoms with Gasteiger partial charge < -0.3 is 19.9 Å². The van der Waals surface area contributed by atoms with E-state index < -0.39 is 17.6 Å². The molecular formula is C27H26F4N6O. The zero-order valence-electron chi connectivity index (χ0n) is 20.8. The Morgan fingerprint density at radius 1 is 1.00 bits per heavy atom. The van der Waals surface area contributed by atoms with E-state index in [9.17, 15) is 17.6 Å². The first-order chi connectivity index (χ1) is 18.2. The molecule has 0 spiro atoms. The van der Waals surface area contributed by atoms with Crippen LogP contribution < -0.4 is 15.4 Å². The van der Waals surface area contributed by atoms with Crippen LogP contribution in [0.2, 0.25) is 0 Å². The maximum Gasteiger partial charge on any atom is 0.419 e. The van der Waals surface area contributed by atoms with Crippen LogP contribution >= 0.6 is 0 Å². The molecule has 3 heterocycles. The Morgan fingerprint density at radius 2 is 1.68 bits per heavy atom. The predicted octanol–water partition coefficient (Wildman–Crippen LogP) is 5.68. The highest BCUT2D eigenvalue weighted by Gasteiger charge is 2.34. The molecule has 38 heavy (non-hydrogen) atoms. The van der Waals surface area contributed by atoms with E-state index in [0.717, 1.165) is 53.5 Å². The number of ether oxygens (including phenoxy) is 1. The third-order valence-electron chi connectivity index (χ3n) is 6.87. The molecule has 0 amide bonds. The molecule has 1 aliphatic heterocycles. The van der Waals surface area contributed by atoms with E-state index in [4.69, 9.17) is 10.5 Å². The fourth-order valence-corrected chi connectivity index (χ4v) is 4.91. The van der Waals surface area contributed by atoms with Gasteiger partial charge in [0.1, 0.15) is 35.4 Å². The summed E-state index contributed by atoms with van der Waals surface area (Å²) in [4.78, 5) is 15.5. The monoisotopic (exact) mass is 526 g/mol. The number of aryl methyl sites for hydroxylation is 1. The Labute approximate surface area is 216 Å². The number of piperidine rings is 1. The Balaban J connectivity index is 1.36. The zero-order chi connectivity index (χ0) is 27.0. The van der Waals surface area contributed by atoms with Crippen molar-refractivity contribution in [1.82, 2.24) is 19.5 Å². The molecule has 0 unspecified atom stereocenters. The van der Waals surface area contributed by atoms with Gasteiger partial charge in [-0.25, -0.2) is 19.3 Å². The molecule has 1 fully saturated rings. The van der Waals surface area contributed by atoms with Crippen LogP contribution in [0.25, 0.3) is 22.4 Å². The van der Waals surface area contributed by atoms with Gasteiger partial charge in [-0.05, 0) is 48.7 Å². The normalized spacial score (nSPS) is 14.6. The lowest BCUT2D eigenvalue weighted by Crippen LogP contribution is -2.34. The summed E-state index contributed by atoms with van der Waals surface area (Å²) < 4.78 is 60.4. The predicted molar refractivity (Wildman–Crippen MR) is 136 cm³/mol. The molecular weight excluding hydrogens is 500 g/mol. The molecule has 0 aliphatic carbocycles. The number of imidazole rings is 1. The van der Waals surface area contributed by atoms with Crippen molar-refractivity contribution in [2.75, 3.05) is 30.8 Å². The number of alkyl halides is 3. The number of benzene rings is 2. The fraction of sp³-hybridized carbons (Fsp3) is 0.296. The number of nitrogens with zero attached hydrogens (tertiary/aromatic N) is 5. The van der Waals surface area contributed by atoms with Gasteiger partial charge in [0, 0.05) is 37.8 Å². The van der Waals surface area contributed by atoms with Crippen LogP contribution in [-0.4, -0.2) is 39.7 Å². The lowest BCUT2D eigenvalue weighted by atomic mass is 9.95. The number of halogens is 4. The zero-order valence-corrected chi connectivity index (χ0v) is 20.8. The van der Waals surface area contributed by atoms with Gasteiger partial charge in [0.05, 0.1) is 23.9 Å². The van der Waals surface area contributed by atoms with Gasteiger partial charge in [0.15, 0.2) is 0 Å². The van der Waals surface area contributed by atoms with E-state index in [-0.39, 0.29) is 11.5 Å². The maximum atomic E-state index is 13.8. The average Bonchev–Trinajstić information content (AvgIpc) is 3.30. The SMILES string of the molecule is COc1ccc(-c2c(N)ncnc2N2CCC(c3nc(-c4ccc(F)c(C(F)(F)F)c4)cn3C)CC2)cc1. The summed E-state index contributed by atoms with van der Waals surface area (Å²) in [5, 5.41) is 0. The molecule has 7 nitrogen and oxygen atoms in total. The van der Waals surface area contributed by atoms with E-state index in [0.29, 0.717) is 24.6 Å². The third kappa shape index (κ3) is 4.88. The van der Waals surface area contributed by atoms with Crippen LogP contribution in [0.1, 0.15) is 30.1 Å². The first-order valence-electron chi connectivity index (χ1n) is 12.1. The number of aromatic nitrogens is 4. The number of rotatable bonds is 5. The Morgan fingerprint density at radius 3 is 2.34 bits per heavy atom. The van der Waals surface area contributed by atoms with Crippen LogP contribution in [0.4, 0.5) is 29.2 Å². The lowest BCUT2D eigenvalue weighted by Gasteiger charge is -2.33. The number of methoxy groups -OCH3 is 1. The summed E-state index contributed by atoms with van der Waals surface area (Å²) in [6.07, 6.45) is -0.130. The second kappa shape index (κ2) is 9.96. The molecule has 4 aromatic rings. The summed E-state index contributed by atoms with van der Waals surface area (Å²) >= 11 is 0. The molecule has 2 aromatic carbocycles. The first kappa shape index (κ1) is 25.5. The van der Waals surface area contributed by atoms with Gasteiger partial charge in [-0.15, -0.1) is 0 Å². The Bertz CT molecular complexity index is 1440. The Hall–Kier alpha value is -4.15. The molecule has 2 aromatic heterocycles. The van der Waals surface area contributed by atoms with Gasteiger partial charge in [0.25, 0.3) is 0 Å². The summed E-state index contributed by atoms with van der Waals surface area (Å²) in [6.45, 7) is 1.36. The van der Waals surface area contributed by atoms with Crippen LogP contribution in [-0.2, 0) is 13.2 Å². The van der Waals surface area contributed by atoms with Crippen LogP contribution in [0.5, 0.6) is 5.75 Å². The van der Waals surface area contributed by atoms with E-state index in [1.54, 1.807) is 13.3 Å². The van der Waals surface area contributed by atoms with Crippen LogP contribution in [0, 0.1) is 5.82 Å². The van der Waals surface area contributed by atoms with E-state index in [1.165, 1.54) is 12.4 Å². The molecule has 0 bridgehead atoms. The molecule has 1 saturated heterocycles. The minimum absolute atomic E-state index is 0.0937. The highest BCUT2D eigenvalue weighted by Crippen LogP contribution is 2.38. The molecule has 1 aliphatic rings. The maximum absolute atomic E-state index is 13.8. The quantitative estimate of drug-likeness (QED) is 0.337. The molecule has 0 radical (unpaired) electrons. The summed E-state index contributed by atoms with van der Waals surface area (Å²) in [5.74, 6) is 1.42. The van der Waals surface area contributed by atoms with Gasteiger partial charge in [-0.1, -0.05) is 12.1 Å². The highest BCUT2D eigenvalue weighted by atomic mass is 19.4. The standard InChI is InChI=1S/C27H26F4N6O/c1-36-14-22(18-5-8-21(28)20(13-18)27(29,30)31)35-25(36)17-9-11-37(12-10-17)26-23(24(32)33-15-34-26)16-3-6-19(38-2)7-4-16/h3-8,13-15,17H,9-12H2,1-2H3,(H2,32,33,34). The molecule has 11 heteroatoms. The lowest BCUT2D eigenvalue weighted by molar-refractivity contribution is -0.139. The van der Waals surface area contributed by atoms with Crippen molar-refractivity contribution in [3.8, 4) is 28.1 Å². The third-order valence-corrected chi connectivity index (χ3v) is 6.87. The van der Waals surface area contributed by atoms with Crippen molar-refractivity contribution in [2.24, 2.45) is 7.05 Å². The number of nitrogen functional groups attached to an aromatic ring is 1. The summed E-state index contributed by atoms with van der Waals surface area (Å²) in [5.41, 5.74) is 7.19. The van der Waals surface area contributed by atoms with Gasteiger partial charge in [-0.2, -0.15) is 13.2 Å². The minimum Gasteiger partial charge on any atom is -0.497 e. The average molecular weight is 527 g/mol. The fourth-order valence-electron chi connectivity index (χ4n) is 4.91. The van der Waals surface area contributed by atoms with Gasteiger partial charge >= 0.3 is 6.18 Å². The van der Waals surface area contributed by atoms with Crippen molar-refractivity contribution in [1.29, 1.82) is 0 Å². The molecule has 2 N–H and O–H groups in total. The van der Waals surface area contributed by atoms with Crippen molar-refractivity contribution in [3.05, 3.63) is 72.2 Å². The van der Waals surface area contributed by atoms with Crippen molar-refractivity contribution in [3.63, 3.8) is 0 Å². The molecule has 198 valence electrons. The number of hydrogen-bond acceptors (Lipinski definition) is 6. The largest absolute Gasteiger partial charge is 0.497 e. The molecule has 5 rings (SSSR count). The number of nitrogens with two attached hydrogens (primary N) is 1. The van der Waals surface area contributed by atoms with Crippen LogP contribution in [0.3, 0.4) is 0 Å². The van der Waals surface area contributed by atoms with Gasteiger partial charge in [-0.3, -0.25) is 0 Å². The number of anilines is 2. The topological polar surface area (TPSA) is 82.1 Å². The second-order valence-electron chi connectivity index (χ2n) is 9.23. The molecule has 0 saturated carbocycles. The van der Waals surface area contributed by atoms with E-state index in [2.05, 4.69) is 19.9 Å². The van der Waals surface area contributed by atoms with Crippen molar-refractivity contribution < 1.29 is 22.3 Å². The van der Waals surface area contributed by atoms with Crippen molar-refractivity contribution >= 4 is 11.6 Å². The van der Waals surface area contributed by atoms with Crippen LogP contribution in [0.15, 0.2) is 55.0 Å². The first-order valence-corrected chi connectivity index (χ1v) is 12.1. The smallest absolute Gasteiger partial charge is 0.419 e. The van der Waals surface area contributed by atoms with Crippen molar-refractivity contribution in [2.45, 2.75) is 24.9 Å². The van der Waals surface area contributed by atoms with Gasteiger partial charge in [0.2, 0.25) is 0 Å². The van der Waals surface area contributed by atoms with E-state index >= 15 is 0 Å². The minimum atomic E-state index is -4.78.